The summed E-state index contributed by atoms with van der Waals surface area (Å²) in [6, 6.07) is 14.3. The number of rotatable bonds is 4. The highest BCUT2D eigenvalue weighted by Crippen LogP contribution is 2.26. The van der Waals surface area contributed by atoms with E-state index >= 15 is 0 Å². The molecule has 1 N–H and O–H groups in total. The van der Waals surface area contributed by atoms with Crippen LogP contribution in [-0.2, 0) is 6.54 Å². The molecule has 1 aliphatic heterocycles. The van der Waals surface area contributed by atoms with Gasteiger partial charge in [-0.15, -0.1) is 0 Å². The lowest BCUT2D eigenvalue weighted by Gasteiger charge is -2.34. The Morgan fingerprint density at radius 1 is 1.10 bits per heavy atom. The van der Waals surface area contributed by atoms with E-state index in [1.165, 1.54) is 31.2 Å². The van der Waals surface area contributed by atoms with Crippen LogP contribution in [0.25, 0.3) is 0 Å². The summed E-state index contributed by atoms with van der Waals surface area (Å²) in [5, 5.41) is 12.9. The molecule has 1 saturated carbocycles. The normalized spacial score (nSPS) is 27.6. The number of nitriles is 1. The minimum atomic E-state index is 0.243. The van der Waals surface area contributed by atoms with Crippen LogP contribution in [-0.4, -0.2) is 30.1 Å². The Balaban J connectivity index is 1.44. The van der Waals surface area contributed by atoms with E-state index in [1.807, 2.05) is 0 Å². The van der Waals surface area contributed by atoms with E-state index in [4.69, 9.17) is 0 Å². The van der Waals surface area contributed by atoms with Crippen LogP contribution >= 0.6 is 0 Å². The van der Waals surface area contributed by atoms with Crippen LogP contribution in [0.2, 0.25) is 0 Å². The zero-order valence-corrected chi connectivity index (χ0v) is 12.7. The summed E-state index contributed by atoms with van der Waals surface area (Å²) in [4.78, 5) is 2.55. The van der Waals surface area contributed by atoms with Gasteiger partial charge in [-0.25, -0.2) is 0 Å². The summed E-state index contributed by atoms with van der Waals surface area (Å²) in [6.45, 7) is 3.39. The fourth-order valence-electron chi connectivity index (χ4n) is 3.72. The largest absolute Gasteiger partial charge is 0.310 e. The molecule has 1 heterocycles. The van der Waals surface area contributed by atoms with Crippen LogP contribution in [0.4, 0.5) is 0 Å². The molecule has 3 heteroatoms. The lowest BCUT2D eigenvalue weighted by atomic mass is 9.99. The van der Waals surface area contributed by atoms with Crippen LogP contribution < -0.4 is 5.32 Å². The summed E-state index contributed by atoms with van der Waals surface area (Å²) in [7, 11) is 0. The van der Waals surface area contributed by atoms with Gasteiger partial charge in [0.25, 0.3) is 0 Å². The smallest absolute Gasteiger partial charge is 0.0672 e. The molecule has 0 aromatic heterocycles. The number of nitrogens with zero attached hydrogens (tertiary/aromatic N) is 2. The molecule has 2 unspecified atom stereocenters. The fraction of sp³-hybridized carbons (Fsp3) is 0.611. The molecule has 112 valence electrons. The van der Waals surface area contributed by atoms with Gasteiger partial charge in [0, 0.05) is 18.6 Å². The first-order valence-corrected chi connectivity index (χ1v) is 8.27. The third-order valence-corrected chi connectivity index (χ3v) is 4.97. The molecule has 1 aromatic carbocycles. The third-order valence-electron chi connectivity index (χ3n) is 4.97. The number of benzene rings is 1. The maximum Gasteiger partial charge on any atom is 0.0672 e. The van der Waals surface area contributed by atoms with Gasteiger partial charge in [-0.05, 0) is 44.3 Å². The molecular formula is C18H25N3. The average molecular weight is 283 g/mol. The molecule has 1 aliphatic carbocycles. The second-order valence-corrected chi connectivity index (χ2v) is 6.48. The van der Waals surface area contributed by atoms with Crippen molar-refractivity contribution in [1.29, 1.82) is 5.26 Å². The van der Waals surface area contributed by atoms with Gasteiger partial charge in [0.15, 0.2) is 0 Å². The zero-order valence-electron chi connectivity index (χ0n) is 12.7. The standard InChI is InChI=1S/C18H25N3/c19-13-16-7-4-8-18(16)20-17-9-11-21(12-10-17)14-15-5-2-1-3-6-15/h1-3,5-6,16-18,20H,4,7-12,14H2. The van der Waals surface area contributed by atoms with E-state index < -0.39 is 0 Å². The van der Waals surface area contributed by atoms with Gasteiger partial charge in [-0.1, -0.05) is 36.8 Å². The topological polar surface area (TPSA) is 39.1 Å². The van der Waals surface area contributed by atoms with Crippen LogP contribution in [0.3, 0.4) is 0 Å². The first-order chi connectivity index (χ1) is 10.3. The first kappa shape index (κ1) is 14.6. The van der Waals surface area contributed by atoms with Crippen molar-refractivity contribution in [2.45, 2.75) is 50.7 Å². The average Bonchev–Trinajstić information content (AvgIpc) is 2.97. The molecular weight excluding hydrogens is 258 g/mol. The van der Waals surface area contributed by atoms with Crippen molar-refractivity contribution in [3.63, 3.8) is 0 Å². The first-order valence-electron chi connectivity index (χ1n) is 8.27. The maximum absolute atomic E-state index is 9.17. The third kappa shape index (κ3) is 3.84. The second kappa shape index (κ2) is 7.06. The van der Waals surface area contributed by atoms with Crippen LogP contribution in [0, 0.1) is 17.2 Å². The number of nitrogens with one attached hydrogen (secondary N) is 1. The molecule has 2 fully saturated rings. The number of hydrogen-bond acceptors (Lipinski definition) is 3. The van der Waals surface area contributed by atoms with E-state index in [0.29, 0.717) is 12.1 Å². The van der Waals surface area contributed by atoms with E-state index in [0.717, 1.165) is 26.1 Å². The maximum atomic E-state index is 9.17. The van der Waals surface area contributed by atoms with Gasteiger partial charge in [-0.2, -0.15) is 5.26 Å². The highest BCUT2D eigenvalue weighted by Gasteiger charge is 2.30. The Hall–Kier alpha value is -1.37. The Morgan fingerprint density at radius 3 is 2.57 bits per heavy atom. The Kier molecular flexibility index (Phi) is 4.90. The van der Waals surface area contributed by atoms with Crippen LogP contribution in [0.5, 0.6) is 0 Å². The van der Waals surface area contributed by atoms with Crippen molar-refractivity contribution in [2.24, 2.45) is 5.92 Å². The number of piperidine rings is 1. The van der Waals surface area contributed by atoms with Crippen molar-refractivity contribution in [3.8, 4) is 6.07 Å². The molecule has 2 aliphatic rings. The van der Waals surface area contributed by atoms with E-state index in [2.05, 4.69) is 46.6 Å². The summed E-state index contributed by atoms with van der Waals surface area (Å²) >= 11 is 0. The van der Waals surface area contributed by atoms with Crippen LogP contribution in [0.1, 0.15) is 37.7 Å². The van der Waals surface area contributed by atoms with Crippen molar-refractivity contribution >= 4 is 0 Å². The van der Waals surface area contributed by atoms with E-state index in [9.17, 15) is 5.26 Å². The van der Waals surface area contributed by atoms with Gasteiger partial charge in [-0.3, -0.25) is 4.90 Å². The highest BCUT2D eigenvalue weighted by molar-refractivity contribution is 5.14. The monoisotopic (exact) mass is 283 g/mol. The summed E-state index contributed by atoms with van der Waals surface area (Å²) < 4.78 is 0. The molecule has 3 nitrogen and oxygen atoms in total. The van der Waals surface area contributed by atoms with E-state index in [-0.39, 0.29) is 5.92 Å². The van der Waals surface area contributed by atoms with Crippen molar-refractivity contribution in [3.05, 3.63) is 35.9 Å². The summed E-state index contributed by atoms with van der Waals surface area (Å²) in [5.41, 5.74) is 1.41. The lowest BCUT2D eigenvalue weighted by molar-refractivity contribution is 0.181. The lowest BCUT2D eigenvalue weighted by Crippen LogP contribution is -2.46. The van der Waals surface area contributed by atoms with Gasteiger partial charge in [0.2, 0.25) is 0 Å². The van der Waals surface area contributed by atoms with Gasteiger partial charge in [0.1, 0.15) is 0 Å². The zero-order chi connectivity index (χ0) is 14.5. The van der Waals surface area contributed by atoms with Gasteiger partial charge < -0.3 is 5.32 Å². The van der Waals surface area contributed by atoms with E-state index in [1.54, 1.807) is 0 Å². The SMILES string of the molecule is N#CC1CCCC1NC1CCN(Cc2ccccc2)CC1. The van der Waals surface area contributed by atoms with Crippen LogP contribution in [0.15, 0.2) is 30.3 Å². The molecule has 0 bridgehead atoms. The molecule has 2 atom stereocenters. The Bertz CT molecular complexity index is 471. The van der Waals surface area contributed by atoms with Crippen molar-refractivity contribution in [1.82, 2.24) is 10.2 Å². The molecule has 0 amide bonds. The highest BCUT2D eigenvalue weighted by atomic mass is 15.1. The van der Waals surface area contributed by atoms with Gasteiger partial charge >= 0.3 is 0 Å². The number of likely N-dealkylation sites (tertiary alicyclic amines) is 1. The van der Waals surface area contributed by atoms with Gasteiger partial charge in [0.05, 0.1) is 12.0 Å². The Labute approximate surface area is 128 Å². The molecule has 1 saturated heterocycles. The van der Waals surface area contributed by atoms with Crippen molar-refractivity contribution < 1.29 is 0 Å². The quantitative estimate of drug-likeness (QED) is 0.923. The molecule has 0 radical (unpaired) electrons. The summed E-state index contributed by atoms with van der Waals surface area (Å²) in [6.07, 6.45) is 5.90. The minimum Gasteiger partial charge on any atom is -0.310 e. The number of hydrogen-bond donors (Lipinski definition) is 1. The van der Waals surface area contributed by atoms with Crippen molar-refractivity contribution in [2.75, 3.05) is 13.1 Å². The molecule has 1 aromatic rings. The molecule has 3 rings (SSSR count). The summed E-state index contributed by atoms with van der Waals surface area (Å²) in [5.74, 6) is 0.243. The molecule has 21 heavy (non-hydrogen) atoms. The fourth-order valence-corrected chi connectivity index (χ4v) is 3.72. The predicted octanol–water partition coefficient (Wildman–Crippen LogP) is 2.93. The Morgan fingerprint density at radius 2 is 1.86 bits per heavy atom. The molecule has 0 spiro atoms. The minimum absolute atomic E-state index is 0.243. The second-order valence-electron chi connectivity index (χ2n) is 6.48. The predicted molar refractivity (Wildman–Crippen MR) is 84.6 cm³/mol.